The molecule has 0 spiro atoms. The molecule has 0 bridgehead atoms. The third-order valence-electron chi connectivity index (χ3n) is 2.24. The minimum atomic E-state index is 0. The van der Waals surface area contributed by atoms with Gasteiger partial charge in [0.05, 0.1) is 0 Å². The minimum absolute atomic E-state index is 0. The van der Waals surface area contributed by atoms with Crippen LogP contribution >= 0.6 is 0 Å². The maximum Gasteiger partial charge on any atom is 0.00441 e. The Morgan fingerprint density at radius 2 is 2.00 bits per heavy atom. The number of likely N-dealkylation sites (tertiary alicyclic amines) is 1. The molecule has 0 atom stereocenters. The summed E-state index contributed by atoms with van der Waals surface area (Å²) in [5.74, 6) is 0. The molecule has 1 fully saturated rings. The summed E-state index contributed by atoms with van der Waals surface area (Å²) in [6.07, 6.45) is 1.26. The zero-order valence-corrected chi connectivity index (χ0v) is 9.07. The van der Waals surface area contributed by atoms with Gasteiger partial charge in [-0.3, -0.25) is 0 Å². The summed E-state index contributed by atoms with van der Waals surface area (Å²) in [5, 5.41) is 4.11. The standard InChI is InChI=1S/C8H17N2.V/c1-8(4-5-9-2)6-10(3)7-8;/h4-7H2,1-3H3;/q-1;. The van der Waals surface area contributed by atoms with Crippen LogP contribution in [0.5, 0.6) is 0 Å². The number of hydrogen-bond acceptors (Lipinski definition) is 1. The minimum Gasteiger partial charge on any atom is -0.665 e. The summed E-state index contributed by atoms with van der Waals surface area (Å²) in [5.41, 5.74) is 0.578. The first-order chi connectivity index (χ1) is 4.66. The van der Waals surface area contributed by atoms with Gasteiger partial charge in [0.1, 0.15) is 0 Å². The fourth-order valence-corrected chi connectivity index (χ4v) is 1.80. The number of hydrogen-bond donors (Lipinski definition) is 0. The molecule has 1 aliphatic rings. The van der Waals surface area contributed by atoms with Gasteiger partial charge in [0.25, 0.3) is 0 Å². The van der Waals surface area contributed by atoms with Gasteiger partial charge in [0.15, 0.2) is 0 Å². The Morgan fingerprint density at radius 3 is 2.36 bits per heavy atom. The molecule has 1 heterocycles. The van der Waals surface area contributed by atoms with Crippen molar-refractivity contribution in [2.45, 2.75) is 13.3 Å². The summed E-state index contributed by atoms with van der Waals surface area (Å²) in [6, 6.07) is 0. The van der Waals surface area contributed by atoms with Crippen LogP contribution in [0.2, 0.25) is 0 Å². The van der Waals surface area contributed by atoms with Gasteiger partial charge in [-0.05, 0) is 12.5 Å². The first kappa shape index (κ1) is 11.5. The Hall–Kier alpha value is 0.504. The van der Waals surface area contributed by atoms with Crippen LogP contribution in [0, 0.1) is 5.41 Å². The molecule has 1 rings (SSSR count). The maximum absolute atomic E-state index is 4.11. The van der Waals surface area contributed by atoms with E-state index < -0.39 is 0 Å². The largest absolute Gasteiger partial charge is 0.665 e. The number of rotatable bonds is 3. The summed E-state index contributed by atoms with van der Waals surface area (Å²) in [6.45, 7) is 5.88. The van der Waals surface area contributed by atoms with Crippen molar-refractivity contribution in [1.29, 1.82) is 0 Å². The number of nitrogens with zero attached hydrogens (tertiary/aromatic N) is 2. The third-order valence-corrected chi connectivity index (χ3v) is 2.24. The van der Waals surface area contributed by atoms with Crippen molar-refractivity contribution in [3.8, 4) is 0 Å². The van der Waals surface area contributed by atoms with Crippen molar-refractivity contribution < 1.29 is 18.6 Å². The Bertz CT molecular complexity index is 111. The molecule has 2 nitrogen and oxygen atoms in total. The van der Waals surface area contributed by atoms with Crippen LogP contribution in [0.4, 0.5) is 0 Å². The Balaban J connectivity index is 0.000001000. The van der Waals surface area contributed by atoms with E-state index in [9.17, 15) is 0 Å². The first-order valence-electron chi connectivity index (χ1n) is 3.90. The van der Waals surface area contributed by atoms with Crippen molar-refractivity contribution in [2.24, 2.45) is 5.41 Å². The second-order valence-corrected chi connectivity index (χ2v) is 3.77. The fourth-order valence-electron chi connectivity index (χ4n) is 1.80. The smallest absolute Gasteiger partial charge is 0.00441 e. The third kappa shape index (κ3) is 3.16. The van der Waals surface area contributed by atoms with E-state index in [1.165, 1.54) is 19.5 Å². The summed E-state index contributed by atoms with van der Waals surface area (Å²) < 4.78 is 0. The maximum atomic E-state index is 4.11. The van der Waals surface area contributed by atoms with Crippen molar-refractivity contribution in [3.63, 3.8) is 0 Å². The normalized spacial score (nSPS) is 22.1. The van der Waals surface area contributed by atoms with Gasteiger partial charge in [-0.25, -0.2) is 0 Å². The molecular weight excluding hydrogens is 175 g/mol. The fraction of sp³-hybridized carbons (Fsp3) is 1.00. The molecule has 0 N–H and O–H groups in total. The van der Waals surface area contributed by atoms with E-state index in [0.29, 0.717) is 5.41 Å². The van der Waals surface area contributed by atoms with E-state index in [0.717, 1.165) is 6.54 Å². The molecule has 3 heteroatoms. The van der Waals surface area contributed by atoms with Crippen LogP contribution in [0.15, 0.2) is 0 Å². The van der Waals surface area contributed by atoms with Crippen molar-refractivity contribution in [1.82, 2.24) is 4.90 Å². The quantitative estimate of drug-likeness (QED) is 0.659. The van der Waals surface area contributed by atoms with E-state index in [-0.39, 0.29) is 18.6 Å². The zero-order valence-electron chi connectivity index (χ0n) is 7.67. The molecule has 0 aromatic heterocycles. The molecule has 0 amide bonds. The van der Waals surface area contributed by atoms with Crippen LogP contribution in [-0.2, 0) is 18.6 Å². The molecule has 1 radical (unpaired) electrons. The van der Waals surface area contributed by atoms with Crippen molar-refractivity contribution >= 4 is 0 Å². The molecule has 0 saturated carbocycles. The molecule has 11 heavy (non-hydrogen) atoms. The Kier molecular flexibility index (Phi) is 4.72. The van der Waals surface area contributed by atoms with E-state index in [4.69, 9.17) is 0 Å². The van der Waals surface area contributed by atoms with Crippen LogP contribution in [0.25, 0.3) is 5.32 Å². The van der Waals surface area contributed by atoms with E-state index >= 15 is 0 Å². The molecular formula is C8H17N2V-. The van der Waals surface area contributed by atoms with Gasteiger partial charge in [0.2, 0.25) is 0 Å². The summed E-state index contributed by atoms with van der Waals surface area (Å²) in [4.78, 5) is 2.36. The van der Waals surface area contributed by atoms with Gasteiger partial charge in [-0.2, -0.15) is 7.05 Å². The molecule has 0 aromatic rings. The van der Waals surface area contributed by atoms with E-state index in [1.807, 2.05) is 7.05 Å². The van der Waals surface area contributed by atoms with Gasteiger partial charge in [-0.1, -0.05) is 13.3 Å². The van der Waals surface area contributed by atoms with Crippen LogP contribution in [0.1, 0.15) is 13.3 Å². The average Bonchev–Trinajstić information content (AvgIpc) is 1.81. The second kappa shape index (κ2) is 4.51. The summed E-state index contributed by atoms with van der Waals surface area (Å²) in [7, 11) is 4.07. The van der Waals surface area contributed by atoms with Crippen molar-refractivity contribution in [3.05, 3.63) is 5.32 Å². The molecule has 0 unspecified atom stereocenters. The SMILES string of the molecule is C[N-]CCC1(C)CN(C)C1.[V]. The van der Waals surface area contributed by atoms with Gasteiger partial charge in [-0.15, -0.1) is 6.54 Å². The van der Waals surface area contributed by atoms with E-state index in [1.54, 1.807) is 0 Å². The zero-order chi connectivity index (χ0) is 7.61. The molecule has 0 aromatic carbocycles. The predicted molar refractivity (Wildman–Crippen MR) is 44.4 cm³/mol. The molecule has 0 aliphatic carbocycles. The first-order valence-corrected chi connectivity index (χ1v) is 3.90. The van der Waals surface area contributed by atoms with Gasteiger partial charge >= 0.3 is 0 Å². The van der Waals surface area contributed by atoms with Crippen LogP contribution in [-0.4, -0.2) is 38.6 Å². The molecule has 65 valence electrons. The van der Waals surface area contributed by atoms with Gasteiger partial charge in [0, 0.05) is 31.6 Å². The summed E-state index contributed by atoms with van der Waals surface area (Å²) >= 11 is 0. The molecule has 1 saturated heterocycles. The van der Waals surface area contributed by atoms with Crippen LogP contribution < -0.4 is 0 Å². The average molecular weight is 192 g/mol. The Morgan fingerprint density at radius 1 is 1.45 bits per heavy atom. The van der Waals surface area contributed by atoms with Crippen LogP contribution in [0.3, 0.4) is 0 Å². The van der Waals surface area contributed by atoms with Gasteiger partial charge < -0.3 is 10.2 Å². The Labute approximate surface area is 81.6 Å². The van der Waals surface area contributed by atoms with E-state index in [2.05, 4.69) is 24.2 Å². The van der Waals surface area contributed by atoms with Crippen molar-refractivity contribution in [2.75, 3.05) is 33.7 Å². The monoisotopic (exact) mass is 192 g/mol. The predicted octanol–water partition coefficient (Wildman–Crippen LogP) is 1.33. The second-order valence-electron chi connectivity index (χ2n) is 3.77. The topological polar surface area (TPSA) is 17.3 Å². The molecule has 1 aliphatic heterocycles.